The Balaban J connectivity index is 1.25. The van der Waals surface area contributed by atoms with Gasteiger partial charge in [-0.25, -0.2) is 4.79 Å². The average molecular weight is 450 g/mol. The summed E-state index contributed by atoms with van der Waals surface area (Å²) in [7, 11) is 0. The van der Waals surface area contributed by atoms with E-state index in [1.165, 1.54) is 17.0 Å². The molecule has 168 valence electrons. The van der Waals surface area contributed by atoms with Crippen molar-refractivity contribution in [2.75, 3.05) is 12.1 Å². The number of carbonyl (C=O) groups is 5. The maximum absolute atomic E-state index is 12.9. The molecule has 1 fully saturated rings. The van der Waals surface area contributed by atoms with E-state index in [1.807, 2.05) is 0 Å². The van der Waals surface area contributed by atoms with Crippen LogP contribution in [0.25, 0.3) is 0 Å². The van der Waals surface area contributed by atoms with Crippen LogP contribution in [0.15, 0.2) is 36.4 Å². The van der Waals surface area contributed by atoms with Crippen LogP contribution in [-0.4, -0.2) is 47.4 Å². The molecular formula is C22H18N4O7. The molecule has 6 amide bonds. The minimum atomic E-state index is -0.754. The Hall–Kier alpha value is -4.41. The molecule has 3 aliphatic heterocycles. The molecular weight excluding hydrogens is 432 g/mol. The van der Waals surface area contributed by atoms with E-state index in [-0.39, 0.29) is 43.2 Å². The van der Waals surface area contributed by atoms with E-state index in [1.54, 1.807) is 24.3 Å². The molecule has 2 aromatic rings. The number of imide groups is 2. The van der Waals surface area contributed by atoms with Crippen LogP contribution in [0.3, 0.4) is 0 Å². The molecule has 0 radical (unpaired) electrons. The summed E-state index contributed by atoms with van der Waals surface area (Å²) in [5.74, 6) is -0.922. The summed E-state index contributed by atoms with van der Waals surface area (Å²) in [4.78, 5) is 62.6. The lowest BCUT2D eigenvalue weighted by molar-refractivity contribution is -0.136. The molecule has 3 N–H and O–H groups in total. The van der Waals surface area contributed by atoms with E-state index >= 15 is 0 Å². The fourth-order valence-electron chi connectivity index (χ4n) is 4.01. The second-order valence-electron chi connectivity index (χ2n) is 7.75. The van der Waals surface area contributed by atoms with Gasteiger partial charge in [0.1, 0.15) is 6.04 Å². The Morgan fingerprint density at radius 3 is 2.67 bits per heavy atom. The molecule has 33 heavy (non-hydrogen) atoms. The van der Waals surface area contributed by atoms with E-state index in [9.17, 15) is 24.0 Å². The number of hydrogen-bond acceptors (Lipinski definition) is 7. The van der Waals surface area contributed by atoms with Crippen molar-refractivity contribution < 1.29 is 33.4 Å². The molecule has 0 spiro atoms. The van der Waals surface area contributed by atoms with E-state index in [2.05, 4.69) is 16.0 Å². The van der Waals surface area contributed by atoms with Crippen LogP contribution in [0, 0.1) is 0 Å². The standard InChI is InChI=1S/C22H18N4O7/c27-18-6-4-15(20(29)24-18)26-9-12-2-1-11(7-14(12)21(26)30)19(28)25-22(31)23-13-3-5-16-17(8-13)33-10-32-16/h1-3,5,7-8,15H,4,6,9-10H2,(H,24,27,29)(H2,23,25,28,31). The molecule has 1 unspecified atom stereocenters. The highest BCUT2D eigenvalue weighted by Gasteiger charge is 2.39. The molecule has 0 saturated carbocycles. The van der Waals surface area contributed by atoms with Crippen LogP contribution in [0.1, 0.15) is 39.1 Å². The van der Waals surface area contributed by atoms with Crippen molar-refractivity contribution >= 4 is 35.3 Å². The predicted octanol–water partition coefficient (Wildman–Crippen LogP) is 1.14. The zero-order valence-electron chi connectivity index (χ0n) is 17.2. The van der Waals surface area contributed by atoms with Gasteiger partial charge in [-0.2, -0.15) is 0 Å². The third-order valence-electron chi connectivity index (χ3n) is 5.65. The second-order valence-corrected chi connectivity index (χ2v) is 7.75. The van der Waals surface area contributed by atoms with Crippen molar-refractivity contribution in [1.29, 1.82) is 0 Å². The first-order valence-corrected chi connectivity index (χ1v) is 10.2. The molecule has 2 aromatic carbocycles. The zero-order chi connectivity index (χ0) is 23.1. The number of fused-ring (bicyclic) bond motifs is 2. The molecule has 11 heteroatoms. The van der Waals surface area contributed by atoms with Gasteiger partial charge in [0.2, 0.25) is 18.6 Å². The van der Waals surface area contributed by atoms with Crippen molar-refractivity contribution in [2.45, 2.75) is 25.4 Å². The predicted molar refractivity (Wildman–Crippen MR) is 112 cm³/mol. The Morgan fingerprint density at radius 1 is 1.03 bits per heavy atom. The van der Waals surface area contributed by atoms with Crippen molar-refractivity contribution in [1.82, 2.24) is 15.5 Å². The van der Waals surface area contributed by atoms with Gasteiger partial charge in [0.15, 0.2) is 11.5 Å². The summed E-state index contributed by atoms with van der Waals surface area (Å²) in [6, 6.07) is 7.84. The minimum Gasteiger partial charge on any atom is -0.454 e. The molecule has 11 nitrogen and oxygen atoms in total. The number of carbonyl (C=O) groups excluding carboxylic acids is 5. The average Bonchev–Trinajstić information content (AvgIpc) is 3.37. The number of rotatable bonds is 3. The second kappa shape index (κ2) is 7.93. The van der Waals surface area contributed by atoms with Gasteiger partial charge in [0.05, 0.1) is 0 Å². The molecule has 0 aliphatic carbocycles. The van der Waals surface area contributed by atoms with E-state index in [0.717, 1.165) is 0 Å². The van der Waals surface area contributed by atoms with Crippen LogP contribution in [0.4, 0.5) is 10.5 Å². The van der Waals surface area contributed by atoms with Crippen LogP contribution >= 0.6 is 0 Å². The van der Waals surface area contributed by atoms with Crippen LogP contribution in [-0.2, 0) is 16.1 Å². The molecule has 3 aliphatic rings. The van der Waals surface area contributed by atoms with Gasteiger partial charge in [0, 0.05) is 35.8 Å². The van der Waals surface area contributed by atoms with Crippen molar-refractivity contribution in [3.63, 3.8) is 0 Å². The number of piperidine rings is 1. The van der Waals surface area contributed by atoms with Crippen molar-refractivity contribution in [3.8, 4) is 11.5 Å². The van der Waals surface area contributed by atoms with Gasteiger partial charge < -0.3 is 19.7 Å². The van der Waals surface area contributed by atoms with Crippen LogP contribution in [0.5, 0.6) is 11.5 Å². The molecule has 5 rings (SSSR count). The molecule has 0 aromatic heterocycles. The molecule has 1 atom stereocenters. The number of hydrogen-bond donors (Lipinski definition) is 3. The summed E-state index contributed by atoms with van der Waals surface area (Å²) in [5.41, 5.74) is 1.47. The van der Waals surface area contributed by atoms with Gasteiger partial charge in [-0.15, -0.1) is 0 Å². The van der Waals surface area contributed by atoms with E-state index < -0.39 is 29.8 Å². The normalized spacial score (nSPS) is 18.6. The largest absolute Gasteiger partial charge is 0.454 e. The number of amides is 6. The monoisotopic (exact) mass is 450 g/mol. The molecule has 0 bridgehead atoms. The molecule has 3 heterocycles. The number of urea groups is 1. The minimum absolute atomic E-state index is 0.0987. The van der Waals surface area contributed by atoms with E-state index in [4.69, 9.17) is 9.47 Å². The lowest BCUT2D eigenvalue weighted by Crippen LogP contribution is -2.52. The summed E-state index contributed by atoms with van der Waals surface area (Å²) in [6.07, 6.45) is 0.403. The quantitative estimate of drug-likeness (QED) is 0.595. The van der Waals surface area contributed by atoms with Gasteiger partial charge in [-0.3, -0.25) is 29.8 Å². The number of anilines is 1. The fourth-order valence-corrected chi connectivity index (χ4v) is 4.01. The van der Waals surface area contributed by atoms with Crippen molar-refractivity contribution in [3.05, 3.63) is 53.1 Å². The number of nitrogens with zero attached hydrogens (tertiary/aromatic N) is 1. The highest BCUT2D eigenvalue weighted by Crippen LogP contribution is 2.34. The Morgan fingerprint density at radius 2 is 1.85 bits per heavy atom. The van der Waals surface area contributed by atoms with Gasteiger partial charge in [0.25, 0.3) is 11.8 Å². The highest BCUT2D eigenvalue weighted by atomic mass is 16.7. The fraction of sp³-hybridized carbons (Fsp3) is 0.227. The zero-order valence-corrected chi connectivity index (χ0v) is 17.2. The summed E-state index contributed by atoms with van der Waals surface area (Å²) in [5, 5.41) is 7.00. The summed E-state index contributed by atoms with van der Waals surface area (Å²) >= 11 is 0. The first kappa shape index (κ1) is 20.5. The smallest absolute Gasteiger partial charge is 0.326 e. The van der Waals surface area contributed by atoms with Crippen LogP contribution in [0.2, 0.25) is 0 Å². The maximum Gasteiger partial charge on any atom is 0.326 e. The number of ether oxygens (including phenoxy) is 2. The van der Waals surface area contributed by atoms with Crippen LogP contribution < -0.4 is 25.4 Å². The third kappa shape index (κ3) is 3.84. The van der Waals surface area contributed by atoms with Crippen molar-refractivity contribution in [2.24, 2.45) is 0 Å². The first-order chi connectivity index (χ1) is 15.9. The maximum atomic E-state index is 12.9. The number of benzene rings is 2. The lowest BCUT2D eigenvalue weighted by Gasteiger charge is -2.29. The third-order valence-corrected chi connectivity index (χ3v) is 5.65. The summed E-state index contributed by atoms with van der Waals surface area (Å²) < 4.78 is 10.5. The summed E-state index contributed by atoms with van der Waals surface area (Å²) in [6.45, 7) is 0.300. The number of nitrogens with one attached hydrogen (secondary N) is 3. The lowest BCUT2D eigenvalue weighted by atomic mass is 10.0. The molecule has 1 saturated heterocycles. The SMILES string of the molecule is O=C1CCC(N2Cc3ccc(C(=O)NC(=O)Nc4ccc5c(c4)OCO5)cc3C2=O)C(=O)N1. The highest BCUT2D eigenvalue weighted by molar-refractivity contribution is 6.10. The Bertz CT molecular complexity index is 1230. The van der Waals surface area contributed by atoms with Gasteiger partial charge in [-0.05, 0) is 36.2 Å². The first-order valence-electron chi connectivity index (χ1n) is 10.2. The van der Waals surface area contributed by atoms with Gasteiger partial charge in [-0.1, -0.05) is 6.07 Å². The Kier molecular flexibility index (Phi) is 4.93. The topological polar surface area (TPSA) is 143 Å². The van der Waals surface area contributed by atoms with E-state index in [0.29, 0.717) is 22.7 Å². The van der Waals surface area contributed by atoms with Gasteiger partial charge >= 0.3 is 6.03 Å². The Labute approximate surface area is 187 Å².